The van der Waals surface area contributed by atoms with Crippen LogP contribution in [-0.4, -0.2) is 43.0 Å². The molecule has 4 nitrogen and oxygen atoms in total. The summed E-state index contributed by atoms with van der Waals surface area (Å²) >= 11 is 12.0. The van der Waals surface area contributed by atoms with Crippen LogP contribution in [-0.2, 0) is 4.79 Å². The minimum Gasteiger partial charge on any atom is -0.369 e. The summed E-state index contributed by atoms with van der Waals surface area (Å²) in [7, 11) is 0. The molecule has 0 saturated carbocycles. The van der Waals surface area contributed by atoms with Gasteiger partial charge in [0, 0.05) is 47.6 Å². The molecule has 6 heteroatoms. The van der Waals surface area contributed by atoms with E-state index in [1.807, 2.05) is 37.3 Å². The molecule has 0 bridgehead atoms. The smallest absolute Gasteiger partial charge is 0.241 e. The van der Waals surface area contributed by atoms with Crippen molar-refractivity contribution in [3.63, 3.8) is 0 Å². The molecule has 1 saturated heterocycles. The van der Waals surface area contributed by atoms with Crippen molar-refractivity contribution in [2.45, 2.75) is 13.0 Å². The summed E-state index contributed by atoms with van der Waals surface area (Å²) in [4.78, 5) is 17.0. The molecule has 1 aliphatic heterocycles. The van der Waals surface area contributed by atoms with E-state index >= 15 is 0 Å². The Bertz CT molecular complexity index is 745. The van der Waals surface area contributed by atoms with Gasteiger partial charge in [-0.05, 0) is 43.3 Å². The zero-order valence-corrected chi connectivity index (χ0v) is 15.6. The molecule has 0 aromatic heterocycles. The zero-order chi connectivity index (χ0) is 17.8. The van der Waals surface area contributed by atoms with Gasteiger partial charge in [0.2, 0.25) is 5.91 Å². The fourth-order valence-electron chi connectivity index (χ4n) is 3.02. The lowest BCUT2D eigenvalue weighted by Crippen LogP contribution is -2.52. The molecule has 0 radical (unpaired) electrons. The van der Waals surface area contributed by atoms with Crippen molar-refractivity contribution in [2.75, 3.05) is 36.4 Å². The monoisotopic (exact) mass is 377 g/mol. The maximum Gasteiger partial charge on any atom is 0.241 e. The van der Waals surface area contributed by atoms with Crippen LogP contribution in [0.15, 0.2) is 48.5 Å². The van der Waals surface area contributed by atoms with Gasteiger partial charge < -0.3 is 10.2 Å². The normalized spacial score (nSPS) is 16.5. The number of nitrogens with zero attached hydrogens (tertiary/aromatic N) is 2. The Morgan fingerprint density at radius 2 is 1.64 bits per heavy atom. The van der Waals surface area contributed by atoms with Gasteiger partial charge in [-0.1, -0.05) is 35.3 Å². The summed E-state index contributed by atoms with van der Waals surface area (Å²) in [5.74, 6) is -0.0153. The van der Waals surface area contributed by atoms with Crippen molar-refractivity contribution in [2.24, 2.45) is 0 Å². The average molecular weight is 378 g/mol. The van der Waals surface area contributed by atoms with Gasteiger partial charge in [-0.25, -0.2) is 0 Å². The fraction of sp³-hybridized carbons (Fsp3) is 0.316. The largest absolute Gasteiger partial charge is 0.369 e. The van der Waals surface area contributed by atoms with Gasteiger partial charge in [-0.3, -0.25) is 9.69 Å². The van der Waals surface area contributed by atoms with Crippen LogP contribution in [0.1, 0.15) is 6.92 Å². The van der Waals surface area contributed by atoms with Gasteiger partial charge >= 0.3 is 0 Å². The first-order valence-corrected chi connectivity index (χ1v) is 9.09. The molecule has 1 heterocycles. The van der Waals surface area contributed by atoms with Gasteiger partial charge in [0.05, 0.1) is 6.04 Å². The van der Waals surface area contributed by atoms with Crippen LogP contribution < -0.4 is 10.2 Å². The second-order valence-corrected chi connectivity index (χ2v) is 7.05. The number of halogens is 2. The lowest BCUT2D eigenvalue weighted by Gasteiger charge is -2.38. The standard InChI is InChI=1S/C19H21Cl2N3O/c1-14(19(25)22-17-6-2-4-15(20)12-17)23-8-10-24(11-9-23)18-7-3-5-16(21)13-18/h2-7,12-14H,8-11H2,1H3,(H,22,25). The van der Waals surface area contributed by atoms with E-state index in [9.17, 15) is 4.79 Å². The molecule has 1 amide bonds. The first kappa shape index (κ1) is 18.1. The lowest BCUT2D eigenvalue weighted by molar-refractivity contribution is -0.120. The third-order valence-corrected chi connectivity index (χ3v) is 4.98. The summed E-state index contributed by atoms with van der Waals surface area (Å²) < 4.78 is 0. The molecule has 132 valence electrons. The SMILES string of the molecule is CC(C(=O)Nc1cccc(Cl)c1)N1CCN(c2cccc(Cl)c2)CC1. The van der Waals surface area contributed by atoms with E-state index in [0.717, 1.165) is 42.6 Å². The van der Waals surface area contributed by atoms with Gasteiger partial charge in [0.25, 0.3) is 0 Å². The Morgan fingerprint density at radius 3 is 2.28 bits per heavy atom. The molecule has 25 heavy (non-hydrogen) atoms. The number of nitrogens with one attached hydrogen (secondary N) is 1. The van der Waals surface area contributed by atoms with Crippen LogP contribution in [0.25, 0.3) is 0 Å². The summed E-state index contributed by atoms with van der Waals surface area (Å²) in [6.45, 7) is 5.34. The van der Waals surface area contributed by atoms with Crippen molar-refractivity contribution < 1.29 is 4.79 Å². The quantitative estimate of drug-likeness (QED) is 0.869. The maximum atomic E-state index is 12.5. The van der Waals surface area contributed by atoms with Crippen molar-refractivity contribution in [3.8, 4) is 0 Å². The first-order valence-electron chi connectivity index (χ1n) is 8.34. The van der Waals surface area contributed by atoms with E-state index in [0.29, 0.717) is 5.02 Å². The fourth-order valence-corrected chi connectivity index (χ4v) is 3.39. The topological polar surface area (TPSA) is 35.6 Å². The Balaban J connectivity index is 1.56. The van der Waals surface area contributed by atoms with Crippen molar-refractivity contribution >= 4 is 40.5 Å². The molecule has 3 rings (SSSR count). The van der Waals surface area contributed by atoms with E-state index in [-0.39, 0.29) is 11.9 Å². The van der Waals surface area contributed by atoms with Crippen LogP contribution >= 0.6 is 23.2 Å². The number of hydrogen-bond acceptors (Lipinski definition) is 3. The molecular formula is C19H21Cl2N3O. The van der Waals surface area contributed by atoms with E-state index < -0.39 is 0 Å². The Hall–Kier alpha value is -1.75. The molecule has 2 aromatic rings. The predicted molar refractivity (Wildman–Crippen MR) is 105 cm³/mol. The molecule has 1 unspecified atom stereocenters. The van der Waals surface area contributed by atoms with Crippen molar-refractivity contribution in [1.82, 2.24) is 4.90 Å². The minimum atomic E-state index is -0.194. The highest BCUT2D eigenvalue weighted by Crippen LogP contribution is 2.21. The molecule has 1 aliphatic rings. The number of rotatable bonds is 4. The number of piperazine rings is 1. The zero-order valence-electron chi connectivity index (χ0n) is 14.1. The number of benzene rings is 2. The van der Waals surface area contributed by atoms with E-state index in [1.165, 1.54) is 0 Å². The highest BCUT2D eigenvalue weighted by Gasteiger charge is 2.25. The van der Waals surface area contributed by atoms with Crippen molar-refractivity contribution in [1.29, 1.82) is 0 Å². The molecule has 1 fully saturated rings. The number of carbonyl (C=O) groups excluding carboxylic acids is 1. The Morgan fingerprint density at radius 1 is 1.00 bits per heavy atom. The number of hydrogen-bond donors (Lipinski definition) is 1. The molecule has 2 aromatic carbocycles. The number of anilines is 2. The van der Waals surface area contributed by atoms with Crippen LogP contribution in [0.5, 0.6) is 0 Å². The van der Waals surface area contributed by atoms with Gasteiger partial charge in [-0.2, -0.15) is 0 Å². The Labute approximate surface area is 158 Å². The van der Waals surface area contributed by atoms with Crippen LogP contribution in [0.3, 0.4) is 0 Å². The molecule has 0 aliphatic carbocycles. The second kappa shape index (κ2) is 8.09. The average Bonchev–Trinajstić information content (AvgIpc) is 2.61. The Kier molecular flexibility index (Phi) is 5.84. The molecule has 0 spiro atoms. The van der Waals surface area contributed by atoms with Gasteiger partial charge in [0.15, 0.2) is 0 Å². The molecule has 1 atom stereocenters. The maximum absolute atomic E-state index is 12.5. The first-order chi connectivity index (χ1) is 12.0. The van der Waals surface area contributed by atoms with E-state index in [1.54, 1.807) is 12.1 Å². The molecule has 1 N–H and O–H groups in total. The van der Waals surface area contributed by atoms with Crippen LogP contribution in [0.4, 0.5) is 11.4 Å². The van der Waals surface area contributed by atoms with Crippen molar-refractivity contribution in [3.05, 3.63) is 58.6 Å². The van der Waals surface area contributed by atoms with Gasteiger partial charge in [-0.15, -0.1) is 0 Å². The summed E-state index contributed by atoms with van der Waals surface area (Å²) in [5.41, 5.74) is 1.85. The van der Waals surface area contributed by atoms with Gasteiger partial charge in [0.1, 0.15) is 0 Å². The number of amides is 1. The third-order valence-electron chi connectivity index (χ3n) is 4.51. The second-order valence-electron chi connectivity index (χ2n) is 6.18. The van der Waals surface area contributed by atoms with Crippen LogP contribution in [0, 0.1) is 0 Å². The van der Waals surface area contributed by atoms with E-state index in [2.05, 4.69) is 21.2 Å². The summed E-state index contributed by atoms with van der Waals surface area (Å²) in [6.07, 6.45) is 0. The van der Waals surface area contributed by atoms with Crippen LogP contribution in [0.2, 0.25) is 10.0 Å². The highest BCUT2D eigenvalue weighted by molar-refractivity contribution is 6.31. The summed E-state index contributed by atoms with van der Waals surface area (Å²) in [6, 6.07) is 14.9. The predicted octanol–water partition coefficient (Wildman–Crippen LogP) is 4.14. The summed E-state index contributed by atoms with van der Waals surface area (Å²) in [5, 5.41) is 4.29. The highest BCUT2D eigenvalue weighted by atomic mass is 35.5. The van der Waals surface area contributed by atoms with E-state index in [4.69, 9.17) is 23.2 Å². The number of carbonyl (C=O) groups is 1. The minimum absolute atomic E-state index is 0.0153. The third kappa shape index (κ3) is 4.66. The molecular weight excluding hydrogens is 357 g/mol. The lowest BCUT2D eigenvalue weighted by atomic mass is 10.2.